The van der Waals surface area contributed by atoms with Gasteiger partial charge in [-0.2, -0.15) is 0 Å². The first kappa shape index (κ1) is 30.5. The molecule has 0 amide bonds. The van der Waals surface area contributed by atoms with Crippen molar-refractivity contribution >= 4 is 110 Å². The lowest BCUT2D eigenvalue weighted by Gasteiger charge is -2.22. The fourth-order valence-electron chi connectivity index (χ4n) is 7.46. The van der Waals surface area contributed by atoms with Crippen molar-refractivity contribution in [3.05, 3.63) is 140 Å². The molecule has 0 N–H and O–H groups in total. The minimum atomic E-state index is 0.204. The zero-order valence-electron chi connectivity index (χ0n) is 27.1. The maximum absolute atomic E-state index is 6.47. The molecule has 0 saturated heterocycles. The van der Waals surface area contributed by atoms with Crippen LogP contribution in [0.1, 0.15) is 0 Å². The Labute approximate surface area is 297 Å². The van der Waals surface area contributed by atoms with Crippen molar-refractivity contribution in [2.75, 3.05) is 0 Å². The van der Waals surface area contributed by atoms with E-state index >= 15 is 0 Å². The normalized spacial score (nSPS) is 11.6. The van der Waals surface area contributed by atoms with Crippen LogP contribution in [0.25, 0.3) is 88.0 Å². The smallest absolute Gasteiger partial charge is 0.136 e. The van der Waals surface area contributed by atoms with Gasteiger partial charge >= 0.3 is 0 Å². The van der Waals surface area contributed by atoms with Crippen LogP contribution in [-0.2, 0) is 0 Å². The number of benzene rings is 8. The Bertz CT molecular complexity index is 2720. The van der Waals surface area contributed by atoms with Gasteiger partial charge in [0.1, 0.15) is 50.4 Å². The van der Waals surface area contributed by atoms with Crippen molar-refractivity contribution in [2.24, 2.45) is 0 Å². The second-order valence-electron chi connectivity index (χ2n) is 12.8. The fourth-order valence-corrected chi connectivity index (χ4v) is 7.46. The minimum absolute atomic E-state index is 0.204. The summed E-state index contributed by atoms with van der Waals surface area (Å²) >= 11 is 0. The predicted octanol–water partition coefficient (Wildman–Crippen LogP) is 6.53. The largest absolute Gasteiger partial charge is 0.456 e. The van der Waals surface area contributed by atoms with Crippen LogP contribution in [0.5, 0.6) is 0 Å². The predicted molar refractivity (Wildman–Crippen MR) is 217 cm³/mol. The zero-order valence-corrected chi connectivity index (χ0v) is 27.1. The van der Waals surface area contributed by atoms with E-state index in [1.54, 1.807) is 0 Å². The molecule has 0 bridgehead atoms. The van der Waals surface area contributed by atoms with Gasteiger partial charge in [0.2, 0.25) is 0 Å². The molecule has 220 valence electrons. The Morgan fingerprint density at radius 1 is 0.280 bits per heavy atom. The SMILES string of the molecule is [B]c1c([B])c([B])c(-c2ccc(-c3c4ccccc4c(-c4ccc5c(c4)oc4ccc(-c6ccccc6)cc45)c4ccccc34)cc2)c([B])c1[B]. The highest BCUT2D eigenvalue weighted by atomic mass is 16.3. The molecule has 1 heterocycles. The number of hydrogen-bond acceptors (Lipinski definition) is 1. The molecule has 1 nitrogen and oxygen atoms in total. The Morgan fingerprint density at radius 3 is 1.32 bits per heavy atom. The highest BCUT2D eigenvalue weighted by Gasteiger charge is 2.19. The summed E-state index contributed by atoms with van der Waals surface area (Å²) in [4.78, 5) is 0. The quantitative estimate of drug-likeness (QED) is 0.161. The molecule has 0 spiro atoms. The van der Waals surface area contributed by atoms with E-state index in [9.17, 15) is 0 Å². The van der Waals surface area contributed by atoms with Crippen LogP contribution >= 0.6 is 0 Å². The highest BCUT2D eigenvalue weighted by Crippen LogP contribution is 2.45. The van der Waals surface area contributed by atoms with Crippen LogP contribution in [0, 0.1) is 0 Å². The van der Waals surface area contributed by atoms with Crippen LogP contribution in [0.3, 0.4) is 0 Å². The average molecular weight is 622 g/mol. The number of hydrogen-bond donors (Lipinski definition) is 0. The van der Waals surface area contributed by atoms with E-state index in [2.05, 4.69) is 121 Å². The molecule has 0 aliphatic heterocycles. The standard InChI is InChI=1S/C44H23B5O/c45-40-39(41(46)43(48)44(49)42(40)47)26-16-14-25(15-17-26)37-30-10-4-6-12-32(30)38(33-13-7-5-11-31(33)37)28-18-20-29-34-22-27(24-8-2-1-3-9-24)19-21-35(34)50-36(29)23-28/h1-23H. The fraction of sp³-hybridized carbons (Fsp3) is 0. The van der Waals surface area contributed by atoms with Crippen LogP contribution in [0.15, 0.2) is 144 Å². The van der Waals surface area contributed by atoms with Gasteiger partial charge in [0.15, 0.2) is 0 Å². The Kier molecular flexibility index (Phi) is 7.18. The first-order valence-electron chi connectivity index (χ1n) is 16.5. The zero-order chi connectivity index (χ0) is 34.1. The minimum Gasteiger partial charge on any atom is -0.456 e. The summed E-state index contributed by atoms with van der Waals surface area (Å²) in [6.45, 7) is 0. The molecule has 0 atom stereocenters. The lowest BCUT2D eigenvalue weighted by molar-refractivity contribution is 0.669. The topological polar surface area (TPSA) is 13.1 Å². The molecule has 0 fully saturated rings. The van der Waals surface area contributed by atoms with Crippen molar-refractivity contribution in [3.63, 3.8) is 0 Å². The third-order valence-electron chi connectivity index (χ3n) is 9.96. The van der Waals surface area contributed by atoms with Crippen molar-refractivity contribution in [3.8, 4) is 44.5 Å². The van der Waals surface area contributed by atoms with Gasteiger partial charge in [-0.05, 0) is 90.3 Å². The summed E-state index contributed by atoms with van der Waals surface area (Å²) in [6.07, 6.45) is 0. The van der Waals surface area contributed by atoms with E-state index in [0.717, 1.165) is 71.3 Å². The van der Waals surface area contributed by atoms with Gasteiger partial charge in [0.25, 0.3) is 0 Å². The van der Waals surface area contributed by atoms with Crippen molar-refractivity contribution in [2.45, 2.75) is 0 Å². The second-order valence-corrected chi connectivity index (χ2v) is 12.8. The molecular formula is C44H23B5O. The van der Waals surface area contributed by atoms with Crippen LogP contribution in [0.4, 0.5) is 0 Å². The maximum Gasteiger partial charge on any atom is 0.136 e. The lowest BCUT2D eigenvalue weighted by Crippen LogP contribution is -2.55. The molecule has 10 radical (unpaired) electrons. The average Bonchev–Trinajstić information content (AvgIpc) is 3.53. The molecule has 0 unspecified atom stereocenters. The van der Waals surface area contributed by atoms with Gasteiger partial charge in [-0.3, -0.25) is 0 Å². The summed E-state index contributed by atoms with van der Waals surface area (Å²) in [7, 11) is 31.2. The molecule has 0 saturated carbocycles. The first-order chi connectivity index (χ1) is 24.4. The summed E-state index contributed by atoms with van der Waals surface area (Å²) in [5.41, 5.74) is 11.3. The van der Waals surface area contributed by atoms with Crippen molar-refractivity contribution in [1.29, 1.82) is 0 Å². The van der Waals surface area contributed by atoms with Crippen LogP contribution in [-0.4, -0.2) is 39.2 Å². The third-order valence-corrected chi connectivity index (χ3v) is 9.96. The molecule has 9 aromatic rings. The van der Waals surface area contributed by atoms with E-state index in [0.29, 0.717) is 16.5 Å². The molecule has 50 heavy (non-hydrogen) atoms. The van der Waals surface area contributed by atoms with Gasteiger partial charge in [-0.1, -0.05) is 126 Å². The number of rotatable bonds is 4. The molecule has 9 rings (SSSR count). The van der Waals surface area contributed by atoms with Gasteiger partial charge in [0, 0.05) is 10.8 Å². The summed E-state index contributed by atoms with van der Waals surface area (Å²) < 4.78 is 6.47. The van der Waals surface area contributed by atoms with E-state index in [-0.39, 0.29) is 16.4 Å². The van der Waals surface area contributed by atoms with E-state index < -0.39 is 0 Å². The Balaban J connectivity index is 1.21. The monoisotopic (exact) mass is 622 g/mol. The third kappa shape index (κ3) is 4.70. The molecule has 1 aromatic heterocycles. The van der Waals surface area contributed by atoms with Gasteiger partial charge in [-0.15, -0.1) is 16.4 Å². The maximum atomic E-state index is 6.47. The highest BCUT2D eigenvalue weighted by molar-refractivity contribution is 6.68. The van der Waals surface area contributed by atoms with Crippen LogP contribution in [0.2, 0.25) is 0 Å². The lowest BCUT2D eigenvalue weighted by atomic mass is 9.59. The van der Waals surface area contributed by atoms with E-state index in [1.165, 1.54) is 11.1 Å². The van der Waals surface area contributed by atoms with Crippen molar-refractivity contribution < 1.29 is 4.42 Å². The second kappa shape index (κ2) is 11.8. The molecular weight excluding hydrogens is 599 g/mol. The molecule has 8 aromatic carbocycles. The van der Waals surface area contributed by atoms with Gasteiger partial charge < -0.3 is 4.42 Å². The van der Waals surface area contributed by atoms with Gasteiger partial charge in [0.05, 0.1) is 0 Å². The van der Waals surface area contributed by atoms with Crippen molar-refractivity contribution in [1.82, 2.24) is 0 Å². The van der Waals surface area contributed by atoms with E-state index in [4.69, 9.17) is 43.6 Å². The summed E-state index contributed by atoms with van der Waals surface area (Å²) in [6, 6.07) is 48.8. The van der Waals surface area contributed by atoms with Gasteiger partial charge in [-0.25, -0.2) is 0 Å². The van der Waals surface area contributed by atoms with Crippen LogP contribution < -0.4 is 27.3 Å². The molecule has 0 aliphatic carbocycles. The Hall–Kier alpha value is -5.60. The molecule has 0 aliphatic rings. The number of furan rings is 1. The Morgan fingerprint density at radius 2 is 0.740 bits per heavy atom. The summed E-state index contributed by atoms with van der Waals surface area (Å²) in [5, 5.41) is 6.80. The summed E-state index contributed by atoms with van der Waals surface area (Å²) in [5.74, 6) is 0. The first-order valence-corrected chi connectivity index (χ1v) is 16.5. The molecule has 6 heteroatoms. The number of fused-ring (bicyclic) bond motifs is 5. The van der Waals surface area contributed by atoms with E-state index in [1.807, 2.05) is 18.2 Å².